The predicted molar refractivity (Wildman–Crippen MR) is 93.0 cm³/mol. The van der Waals surface area contributed by atoms with Crippen LogP contribution in [-0.2, 0) is 4.79 Å². The number of methoxy groups -OCH3 is 1. The van der Waals surface area contributed by atoms with Crippen molar-refractivity contribution in [1.82, 2.24) is 0 Å². The molecule has 0 saturated heterocycles. The Kier molecular flexibility index (Phi) is 5.50. The maximum absolute atomic E-state index is 12.1. The minimum Gasteiger partial charge on any atom is -0.495 e. The van der Waals surface area contributed by atoms with E-state index in [1.807, 2.05) is 31.2 Å². The molecule has 0 unspecified atom stereocenters. The van der Waals surface area contributed by atoms with E-state index in [1.165, 1.54) is 22.9 Å². The fraction of sp³-hybridized carbons (Fsp3) is 0.278. The molecule has 0 atom stereocenters. The van der Waals surface area contributed by atoms with Gasteiger partial charge in [0.25, 0.3) is 0 Å². The van der Waals surface area contributed by atoms with Crippen LogP contribution in [0.15, 0.2) is 41.3 Å². The van der Waals surface area contributed by atoms with Crippen LogP contribution >= 0.6 is 11.8 Å². The van der Waals surface area contributed by atoms with Crippen molar-refractivity contribution in [2.75, 3.05) is 18.2 Å². The highest BCUT2D eigenvalue weighted by atomic mass is 32.2. The van der Waals surface area contributed by atoms with Crippen LogP contribution in [0.2, 0.25) is 0 Å². The van der Waals surface area contributed by atoms with E-state index in [1.54, 1.807) is 7.11 Å². The van der Waals surface area contributed by atoms with Gasteiger partial charge in [-0.2, -0.15) is 0 Å². The second-order valence-electron chi connectivity index (χ2n) is 5.29. The standard InChI is InChI=1S/C18H21NO2S/c1-12-5-8-17(21-4)16(9-12)19-18(20)11-22-15-7-6-13(2)14(3)10-15/h5-10H,11H2,1-4H3,(H,19,20). The molecule has 1 amide bonds. The summed E-state index contributed by atoms with van der Waals surface area (Å²) in [4.78, 5) is 13.2. The summed E-state index contributed by atoms with van der Waals surface area (Å²) in [5, 5.41) is 2.91. The van der Waals surface area contributed by atoms with E-state index in [9.17, 15) is 4.79 Å². The molecular weight excluding hydrogens is 294 g/mol. The summed E-state index contributed by atoms with van der Waals surface area (Å²) in [5.41, 5.74) is 4.30. The minimum absolute atomic E-state index is 0.0351. The number of amides is 1. The molecule has 1 N–H and O–H groups in total. The fourth-order valence-corrected chi connectivity index (χ4v) is 2.85. The first kappa shape index (κ1) is 16.4. The molecule has 0 aromatic heterocycles. The second-order valence-corrected chi connectivity index (χ2v) is 6.34. The summed E-state index contributed by atoms with van der Waals surface area (Å²) in [6, 6.07) is 12.0. The van der Waals surface area contributed by atoms with Crippen molar-refractivity contribution < 1.29 is 9.53 Å². The maximum atomic E-state index is 12.1. The van der Waals surface area contributed by atoms with Gasteiger partial charge in [0, 0.05) is 4.90 Å². The van der Waals surface area contributed by atoms with Crippen LogP contribution in [0.1, 0.15) is 16.7 Å². The molecule has 0 aliphatic rings. The van der Waals surface area contributed by atoms with Crippen molar-refractivity contribution in [2.45, 2.75) is 25.7 Å². The third-order valence-electron chi connectivity index (χ3n) is 3.48. The zero-order valence-corrected chi connectivity index (χ0v) is 14.2. The van der Waals surface area contributed by atoms with Gasteiger partial charge in [-0.25, -0.2) is 0 Å². The molecule has 0 bridgehead atoms. The van der Waals surface area contributed by atoms with E-state index in [2.05, 4.69) is 31.3 Å². The summed E-state index contributed by atoms with van der Waals surface area (Å²) in [6.07, 6.45) is 0. The number of nitrogens with one attached hydrogen (secondary N) is 1. The largest absolute Gasteiger partial charge is 0.495 e. The lowest BCUT2D eigenvalue weighted by Gasteiger charge is -2.11. The van der Waals surface area contributed by atoms with E-state index in [4.69, 9.17) is 4.74 Å². The lowest BCUT2D eigenvalue weighted by atomic mass is 10.1. The monoisotopic (exact) mass is 315 g/mol. The second kappa shape index (κ2) is 7.36. The Labute approximate surface area is 136 Å². The highest BCUT2D eigenvalue weighted by Gasteiger charge is 2.08. The number of rotatable bonds is 5. The predicted octanol–water partition coefficient (Wildman–Crippen LogP) is 4.35. The number of anilines is 1. The van der Waals surface area contributed by atoms with Crippen LogP contribution in [-0.4, -0.2) is 18.8 Å². The van der Waals surface area contributed by atoms with Gasteiger partial charge in [0.05, 0.1) is 18.6 Å². The Morgan fingerprint density at radius 2 is 1.86 bits per heavy atom. The zero-order chi connectivity index (χ0) is 16.1. The van der Waals surface area contributed by atoms with Gasteiger partial charge in [0.2, 0.25) is 5.91 Å². The molecular formula is C18H21NO2S. The molecule has 2 aromatic rings. The molecule has 2 aromatic carbocycles. The first-order valence-corrected chi connectivity index (χ1v) is 8.12. The minimum atomic E-state index is -0.0351. The fourth-order valence-electron chi connectivity index (χ4n) is 2.06. The molecule has 4 heteroatoms. The number of ether oxygens (including phenoxy) is 1. The van der Waals surface area contributed by atoms with Crippen LogP contribution in [0, 0.1) is 20.8 Å². The van der Waals surface area contributed by atoms with Crippen LogP contribution in [0.25, 0.3) is 0 Å². The molecule has 0 saturated carbocycles. The number of hydrogen-bond acceptors (Lipinski definition) is 3. The molecule has 116 valence electrons. The van der Waals surface area contributed by atoms with E-state index in [0.717, 1.165) is 10.5 Å². The van der Waals surface area contributed by atoms with Crippen molar-refractivity contribution in [3.05, 3.63) is 53.1 Å². The number of thioether (sulfide) groups is 1. The van der Waals surface area contributed by atoms with Gasteiger partial charge in [0.1, 0.15) is 5.75 Å². The molecule has 0 spiro atoms. The van der Waals surface area contributed by atoms with Crippen molar-refractivity contribution in [1.29, 1.82) is 0 Å². The topological polar surface area (TPSA) is 38.3 Å². The lowest BCUT2D eigenvalue weighted by Crippen LogP contribution is -2.14. The smallest absolute Gasteiger partial charge is 0.234 e. The summed E-state index contributed by atoms with van der Waals surface area (Å²) in [5.74, 6) is 1.02. The number of carbonyl (C=O) groups is 1. The molecule has 0 aliphatic heterocycles. The van der Waals surface area contributed by atoms with Crippen molar-refractivity contribution >= 4 is 23.4 Å². The summed E-state index contributed by atoms with van der Waals surface area (Å²) in [6.45, 7) is 6.15. The molecule has 0 fully saturated rings. The van der Waals surface area contributed by atoms with Crippen LogP contribution in [0.3, 0.4) is 0 Å². The van der Waals surface area contributed by atoms with Crippen LogP contribution < -0.4 is 10.1 Å². The van der Waals surface area contributed by atoms with Gasteiger partial charge in [0.15, 0.2) is 0 Å². The quantitative estimate of drug-likeness (QED) is 0.834. The van der Waals surface area contributed by atoms with Gasteiger partial charge in [-0.05, 0) is 61.7 Å². The van der Waals surface area contributed by atoms with Crippen molar-refractivity contribution in [3.63, 3.8) is 0 Å². The van der Waals surface area contributed by atoms with E-state index < -0.39 is 0 Å². The molecule has 0 aliphatic carbocycles. The zero-order valence-electron chi connectivity index (χ0n) is 13.4. The number of benzene rings is 2. The Hall–Kier alpha value is -1.94. The normalized spacial score (nSPS) is 10.4. The first-order valence-electron chi connectivity index (χ1n) is 7.14. The Morgan fingerprint density at radius 3 is 2.55 bits per heavy atom. The Balaban J connectivity index is 1.98. The van der Waals surface area contributed by atoms with Gasteiger partial charge in [-0.1, -0.05) is 12.1 Å². The number of hydrogen-bond donors (Lipinski definition) is 1. The van der Waals surface area contributed by atoms with Crippen molar-refractivity contribution in [3.8, 4) is 5.75 Å². The van der Waals surface area contributed by atoms with E-state index in [0.29, 0.717) is 17.2 Å². The third kappa shape index (κ3) is 4.28. The Morgan fingerprint density at radius 1 is 1.09 bits per heavy atom. The number of carbonyl (C=O) groups excluding carboxylic acids is 1. The molecule has 0 heterocycles. The summed E-state index contributed by atoms with van der Waals surface area (Å²) < 4.78 is 5.27. The van der Waals surface area contributed by atoms with Gasteiger partial charge < -0.3 is 10.1 Å². The molecule has 22 heavy (non-hydrogen) atoms. The summed E-state index contributed by atoms with van der Waals surface area (Å²) in [7, 11) is 1.60. The highest BCUT2D eigenvalue weighted by Crippen LogP contribution is 2.26. The first-order chi connectivity index (χ1) is 10.5. The highest BCUT2D eigenvalue weighted by molar-refractivity contribution is 8.00. The van der Waals surface area contributed by atoms with Crippen molar-refractivity contribution in [2.24, 2.45) is 0 Å². The van der Waals surface area contributed by atoms with Gasteiger partial charge >= 0.3 is 0 Å². The van der Waals surface area contributed by atoms with Crippen LogP contribution in [0.5, 0.6) is 5.75 Å². The average Bonchev–Trinajstić information content (AvgIpc) is 2.49. The Bertz CT molecular complexity index is 683. The summed E-state index contributed by atoms with van der Waals surface area (Å²) >= 11 is 1.54. The molecule has 2 rings (SSSR count). The lowest BCUT2D eigenvalue weighted by molar-refractivity contribution is -0.113. The van der Waals surface area contributed by atoms with Gasteiger partial charge in [-0.15, -0.1) is 11.8 Å². The average molecular weight is 315 g/mol. The van der Waals surface area contributed by atoms with Gasteiger partial charge in [-0.3, -0.25) is 4.79 Å². The molecule has 3 nitrogen and oxygen atoms in total. The molecule has 0 radical (unpaired) electrons. The van der Waals surface area contributed by atoms with Crippen LogP contribution in [0.4, 0.5) is 5.69 Å². The SMILES string of the molecule is COc1ccc(C)cc1NC(=O)CSc1ccc(C)c(C)c1. The number of aryl methyl sites for hydroxylation is 3. The van der Waals surface area contributed by atoms with E-state index >= 15 is 0 Å². The van der Waals surface area contributed by atoms with E-state index in [-0.39, 0.29) is 5.91 Å². The maximum Gasteiger partial charge on any atom is 0.234 e. The third-order valence-corrected chi connectivity index (χ3v) is 4.47.